The van der Waals surface area contributed by atoms with Gasteiger partial charge in [0.25, 0.3) is 0 Å². The molecular formula is C17H19Cl3N4OS. The fourth-order valence-corrected chi connectivity index (χ4v) is 4.42. The number of hydrogen-bond donors (Lipinski definition) is 1. The van der Waals surface area contributed by atoms with E-state index in [9.17, 15) is 4.79 Å². The Morgan fingerprint density at radius 2 is 1.85 bits per heavy atom. The predicted octanol–water partition coefficient (Wildman–Crippen LogP) is 5.55. The number of aromatic nitrogens is 3. The van der Waals surface area contributed by atoms with Gasteiger partial charge in [0.1, 0.15) is 5.82 Å². The van der Waals surface area contributed by atoms with Gasteiger partial charge in [-0.1, -0.05) is 65.8 Å². The number of hydrogen-bond acceptors (Lipinski definition) is 4. The molecule has 0 radical (unpaired) electrons. The number of carbonyl (C=O) groups excluding carboxylic acids is 1. The standard InChI is InChI=1S/C17H19Cl3N4OS/c1-24-16(10-5-3-2-4-6-10)22-23-17(24)26-9-15(25)21-14-8-12(19)11(18)7-13(14)20/h7-8,10H,2-6,9H2,1H3,(H,21,25). The van der Waals surface area contributed by atoms with Crippen molar-refractivity contribution in [2.45, 2.75) is 43.2 Å². The summed E-state index contributed by atoms with van der Waals surface area (Å²) >= 11 is 19.3. The Kier molecular flexibility index (Phi) is 6.72. The van der Waals surface area contributed by atoms with Crippen LogP contribution in [0.3, 0.4) is 0 Å². The molecule has 1 amide bonds. The van der Waals surface area contributed by atoms with E-state index in [1.165, 1.54) is 43.2 Å². The van der Waals surface area contributed by atoms with Crippen LogP contribution in [0.5, 0.6) is 0 Å². The maximum atomic E-state index is 12.2. The van der Waals surface area contributed by atoms with Gasteiger partial charge in [0, 0.05) is 13.0 Å². The highest BCUT2D eigenvalue weighted by molar-refractivity contribution is 7.99. The summed E-state index contributed by atoms with van der Waals surface area (Å²) in [6.45, 7) is 0. The van der Waals surface area contributed by atoms with E-state index < -0.39 is 0 Å². The van der Waals surface area contributed by atoms with Gasteiger partial charge >= 0.3 is 0 Å². The Morgan fingerprint density at radius 1 is 1.15 bits per heavy atom. The molecule has 9 heteroatoms. The Bertz CT molecular complexity index is 806. The van der Waals surface area contributed by atoms with E-state index in [2.05, 4.69) is 15.5 Å². The molecule has 0 bridgehead atoms. The molecule has 140 valence electrons. The highest BCUT2D eigenvalue weighted by Crippen LogP contribution is 2.34. The fraction of sp³-hybridized carbons (Fsp3) is 0.471. The smallest absolute Gasteiger partial charge is 0.234 e. The molecular weight excluding hydrogens is 415 g/mol. The minimum Gasteiger partial charge on any atom is -0.324 e. The van der Waals surface area contributed by atoms with Crippen LogP contribution >= 0.6 is 46.6 Å². The summed E-state index contributed by atoms with van der Waals surface area (Å²) in [6.07, 6.45) is 6.10. The molecule has 1 aliphatic rings. The highest BCUT2D eigenvalue weighted by atomic mass is 35.5. The van der Waals surface area contributed by atoms with E-state index in [4.69, 9.17) is 34.8 Å². The van der Waals surface area contributed by atoms with E-state index in [1.807, 2.05) is 11.6 Å². The molecule has 0 unspecified atom stereocenters. The number of nitrogens with zero attached hydrogens (tertiary/aromatic N) is 3. The van der Waals surface area contributed by atoms with Gasteiger partial charge in [-0.25, -0.2) is 0 Å². The van der Waals surface area contributed by atoms with Gasteiger partial charge in [-0.3, -0.25) is 4.79 Å². The molecule has 1 aliphatic carbocycles. The number of benzene rings is 1. The first-order valence-corrected chi connectivity index (χ1v) is 10.5. The van der Waals surface area contributed by atoms with Gasteiger partial charge in [0.15, 0.2) is 5.16 Å². The van der Waals surface area contributed by atoms with E-state index in [-0.39, 0.29) is 11.7 Å². The molecule has 1 saturated carbocycles. The Hall–Kier alpha value is -0.950. The van der Waals surface area contributed by atoms with Gasteiger partial charge < -0.3 is 9.88 Å². The average Bonchev–Trinajstić information content (AvgIpc) is 2.99. The zero-order chi connectivity index (χ0) is 18.7. The minimum absolute atomic E-state index is 0.197. The first-order valence-electron chi connectivity index (χ1n) is 8.42. The van der Waals surface area contributed by atoms with Crippen molar-refractivity contribution in [2.75, 3.05) is 11.1 Å². The molecule has 0 saturated heterocycles. The second-order valence-corrected chi connectivity index (χ2v) is 8.48. The van der Waals surface area contributed by atoms with Crippen molar-refractivity contribution in [1.82, 2.24) is 14.8 Å². The molecule has 26 heavy (non-hydrogen) atoms. The molecule has 5 nitrogen and oxygen atoms in total. The van der Waals surface area contributed by atoms with Gasteiger partial charge in [-0.15, -0.1) is 10.2 Å². The fourth-order valence-electron chi connectivity index (χ4n) is 3.10. The Morgan fingerprint density at radius 3 is 2.58 bits per heavy atom. The van der Waals surface area contributed by atoms with Gasteiger partial charge in [-0.2, -0.15) is 0 Å². The summed E-state index contributed by atoms with van der Waals surface area (Å²) in [5.41, 5.74) is 0.438. The van der Waals surface area contributed by atoms with Crippen LogP contribution in [0.15, 0.2) is 17.3 Å². The van der Waals surface area contributed by atoms with Gasteiger partial charge in [0.2, 0.25) is 5.91 Å². The summed E-state index contributed by atoms with van der Waals surface area (Å²) in [6, 6.07) is 3.05. The maximum absolute atomic E-state index is 12.2. The van der Waals surface area contributed by atoms with Crippen LogP contribution < -0.4 is 5.32 Å². The lowest BCUT2D eigenvalue weighted by Gasteiger charge is -2.20. The number of amides is 1. The molecule has 2 aromatic rings. The summed E-state index contributed by atoms with van der Waals surface area (Å²) in [5.74, 6) is 1.49. The number of rotatable bonds is 5. The van der Waals surface area contributed by atoms with Crippen LogP contribution in [0.1, 0.15) is 43.8 Å². The van der Waals surface area contributed by atoms with Crippen molar-refractivity contribution in [3.05, 3.63) is 33.0 Å². The van der Waals surface area contributed by atoms with Crippen molar-refractivity contribution in [3.8, 4) is 0 Å². The highest BCUT2D eigenvalue weighted by Gasteiger charge is 2.22. The number of halogens is 3. The quantitative estimate of drug-likeness (QED) is 0.496. The Balaban J connectivity index is 1.60. The molecule has 1 heterocycles. The zero-order valence-corrected chi connectivity index (χ0v) is 17.4. The molecule has 0 atom stereocenters. The SMILES string of the molecule is Cn1c(SCC(=O)Nc2cc(Cl)c(Cl)cc2Cl)nnc1C1CCCCC1. The molecule has 1 aromatic heterocycles. The van der Waals surface area contributed by atoms with Crippen molar-refractivity contribution in [2.24, 2.45) is 7.05 Å². The topological polar surface area (TPSA) is 59.8 Å². The number of carbonyl (C=O) groups is 1. The third kappa shape index (κ3) is 4.66. The minimum atomic E-state index is -0.197. The first kappa shape index (κ1) is 19.8. The van der Waals surface area contributed by atoms with Crippen LogP contribution in [-0.2, 0) is 11.8 Å². The number of thioether (sulfide) groups is 1. The number of anilines is 1. The van der Waals surface area contributed by atoms with E-state index >= 15 is 0 Å². The second kappa shape index (κ2) is 8.83. The maximum Gasteiger partial charge on any atom is 0.234 e. The summed E-state index contributed by atoms with van der Waals surface area (Å²) < 4.78 is 2.00. The van der Waals surface area contributed by atoms with Crippen molar-refractivity contribution < 1.29 is 4.79 Å². The average molecular weight is 434 g/mol. The molecule has 0 aliphatic heterocycles. The zero-order valence-electron chi connectivity index (χ0n) is 14.3. The van der Waals surface area contributed by atoms with Gasteiger partial charge in [0.05, 0.1) is 26.5 Å². The van der Waals surface area contributed by atoms with Crippen LogP contribution in [0.4, 0.5) is 5.69 Å². The molecule has 0 spiro atoms. The van der Waals surface area contributed by atoms with E-state index in [0.717, 1.165) is 23.8 Å². The first-order chi connectivity index (χ1) is 12.5. The molecule has 1 fully saturated rings. The second-order valence-electron chi connectivity index (χ2n) is 6.32. The van der Waals surface area contributed by atoms with Crippen LogP contribution in [0.25, 0.3) is 0 Å². The lowest BCUT2D eigenvalue weighted by molar-refractivity contribution is -0.113. The summed E-state index contributed by atoms with van der Waals surface area (Å²) in [4.78, 5) is 12.2. The summed E-state index contributed by atoms with van der Waals surface area (Å²) in [5, 5.41) is 13.1. The molecule has 1 aromatic carbocycles. The van der Waals surface area contributed by atoms with E-state index in [0.29, 0.717) is 26.7 Å². The van der Waals surface area contributed by atoms with Crippen molar-refractivity contribution in [1.29, 1.82) is 0 Å². The Labute approximate surface area is 171 Å². The third-order valence-electron chi connectivity index (χ3n) is 4.46. The lowest BCUT2D eigenvalue weighted by atomic mass is 9.89. The lowest BCUT2D eigenvalue weighted by Crippen LogP contribution is -2.15. The number of nitrogens with one attached hydrogen (secondary N) is 1. The monoisotopic (exact) mass is 432 g/mol. The normalized spacial score (nSPS) is 15.2. The molecule has 3 rings (SSSR count). The van der Waals surface area contributed by atoms with E-state index in [1.54, 1.807) is 0 Å². The van der Waals surface area contributed by atoms with Crippen LogP contribution in [0.2, 0.25) is 15.1 Å². The molecule has 1 N–H and O–H groups in total. The van der Waals surface area contributed by atoms with Crippen molar-refractivity contribution in [3.63, 3.8) is 0 Å². The van der Waals surface area contributed by atoms with Crippen LogP contribution in [-0.4, -0.2) is 26.4 Å². The largest absolute Gasteiger partial charge is 0.324 e. The summed E-state index contributed by atoms with van der Waals surface area (Å²) in [7, 11) is 1.96. The predicted molar refractivity (Wildman–Crippen MR) is 108 cm³/mol. The van der Waals surface area contributed by atoms with Gasteiger partial charge in [-0.05, 0) is 25.0 Å². The van der Waals surface area contributed by atoms with Crippen LogP contribution in [0, 0.1) is 0 Å². The van der Waals surface area contributed by atoms with Crippen molar-refractivity contribution >= 4 is 58.2 Å². The third-order valence-corrected chi connectivity index (χ3v) is 6.51.